The monoisotopic (exact) mass is 385 g/mol. The molecule has 0 bridgehead atoms. The Morgan fingerprint density at radius 3 is 2.84 bits per heavy atom. The number of piperazine rings is 1. The second-order valence-corrected chi connectivity index (χ2v) is 5.86. The summed E-state index contributed by atoms with van der Waals surface area (Å²) in [6.07, 6.45) is 1.43. The molecule has 25 heavy (non-hydrogen) atoms. The summed E-state index contributed by atoms with van der Waals surface area (Å²) in [5, 5.41) is 18.3. The summed E-state index contributed by atoms with van der Waals surface area (Å²) < 4.78 is 1.28. The number of nitrogens with zero attached hydrogens (tertiary/aromatic N) is 4. The third kappa shape index (κ3) is 4.28. The topological polar surface area (TPSA) is 93.3 Å². The standard InChI is InChI=1S/C15H16ClN5O3.ClH/c16-12-4-2-1-3-11(12)13-9-17-6-8-20(13)15(22)10-19-7-5-14(18-19)21(23)24;/h1-5,7,13,17H,6,8-10H2;1H. The molecule has 1 aliphatic heterocycles. The first-order valence-electron chi connectivity index (χ1n) is 7.48. The molecule has 1 N–H and O–H groups in total. The van der Waals surface area contributed by atoms with Gasteiger partial charge < -0.3 is 20.3 Å². The number of nitrogens with one attached hydrogen (secondary N) is 1. The fourth-order valence-corrected chi connectivity index (χ4v) is 3.05. The molecule has 8 nitrogen and oxygen atoms in total. The fourth-order valence-electron chi connectivity index (χ4n) is 2.79. The predicted octanol–water partition coefficient (Wildman–Crippen LogP) is 2.04. The Hall–Kier alpha value is -2.16. The average molecular weight is 386 g/mol. The van der Waals surface area contributed by atoms with Gasteiger partial charge in [0.1, 0.15) is 6.54 Å². The van der Waals surface area contributed by atoms with Gasteiger partial charge >= 0.3 is 5.82 Å². The average Bonchev–Trinajstić information content (AvgIpc) is 3.04. The van der Waals surface area contributed by atoms with Crippen LogP contribution in [0.4, 0.5) is 5.82 Å². The van der Waals surface area contributed by atoms with E-state index in [9.17, 15) is 14.9 Å². The van der Waals surface area contributed by atoms with Crippen LogP contribution in [-0.4, -0.2) is 45.1 Å². The van der Waals surface area contributed by atoms with Crippen LogP contribution in [0.5, 0.6) is 0 Å². The van der Waals surface area contributed by atoms with Crippen molar-refractivity contribution in [1.82, 2.24) is 20.0 Å². The van der Waals surface area contributed by atoms with Gasteiger partial charge in [0, 0.05) is 24.7 Å². The third-order valence-electron chi connectivity index (χ3n) is 3.94. The van der Waals surface area contributed by atoms with Gasteiger partial charge in [0.2, 0.25) is 5.91 Å². The molecule has 1 unspecified atom stereocenters. The number of benzene rings is 1. The molecule has 1 aliphatic rings. The molecule has 2 heterocycles. The van der Waals surface area contributed by atoms with Crippen LogP contribution in [0, 0.1) is 10.1 Å². The Morgan fingerprint density at radius 1 is 1.40 bits per heavy atom. The summed E-state index contributed by atoms with van der Waals surface area (Å²) in [7, 11) is 0. The van der Waals surface area contributed by atoms with E-state index in [4.69, 9.17) is 11.6 Å². The first-order chi connectivity index (χ1) is 11.6. The van der Waals surface area contributed by atoms with E-state index >= 15 is 0 Å². The number of carbonyl (C=O) groups is 1. The van der Waals surface area contributed by atoms with Gasteiger partial charge in [-0.3, -0.25) is 4.79 Å². The molecular formula is C15H17Cl2N5O3. The number of nitro groups is 1. The normalized spacial score (nSPS) is 17.0. The Labute approximate surface area is 155 Å². The van der Waals surface area contributed by atoms with Crippen LogP contribution in [0.25, 0.3) is 0 Å². The van der Waals surface area contributed by atoms with Gasteiger partial charge in [-0.25, -0.2) is 0 Å². The number of rotatable bonds is 4. The SMILES string of the molecule is Cl.O=C(Cn1ccc([N+](=O)[O-])n1)N1CCNCC1c1ccccc1Cl. The molecule has 0 aliphatic carbocycles. The van der Waals surface area contributed by atoms with E-state index in [1.54, 1.807) is 11.0 Å². The molecule has 10 heteroatoms. The molecule has 1 atom stereocenters. The zero-order valence-electron chi connectivity index (χ0n) is 13.2. The maximum absolute atomic E-state index is 12.7. The van der Waals surface area contributed by atoms with Crippen molar-refractivity contribution in [2.75, 3.05) is 19.6 Å². The van der Waals surface area contributed by atoms with Crippen molar-refractivity contribution in [2.24, 2.45) is 0 Å². The van der Waals surface area contributed by atoms with Crippen LogP contribution in [0.2, 0.25) is 5.02 Å². The highest BCUT2D eigenvalue weighted by molar-refractivity contribution is 6.31. The number of hydrogen-bond donors (Lipinski definition) is 1. The Kier molecular flexibility index (Phi) is 6.35. The molecular weight excluding hydrogens is 369 g/mol. The molecule has 0 saturated carbocycles. The van der Waals surface area contributed by atoms with Crippen LogP contribution in [0.1, 0.15) is 11.6 Å². The van der Waals surface area contributed by atoms with Crippen molar-refractivity contribution in [3.05, 3.63) is 57.2 Å². The first kappa shape index (κ1) is 19.2. The summed E-state index contributed by atoms with van der Waals surface area (Å²) in [4.78, 5) is 24.5. The highest BCUT2D eigenvalue weighted by Crippen LogP contribution is 2.28. The molecule has 1 aromatic carbocycles. The van der Waals surface area contributed by atoms with Gasteiger partial charge in [0.05, 0.1) is 23.4 Å². The van der Waals surface area contributed by atoms with E-state index in [1.807, 2.05) is 18.2 Å². The lowest BCUT2D eigenvalue weighted by molar-refractivity contribution is -0.389. The second-order valence-electron chi connectivity index (χ2n) is 5.46. The number of hydrogen-bond acceptors (Lipinski definition) is 5. The molecule has 1 fully saturated rings. The fraction of sp³-hybridized carbons (Fsp3) is 0.333. The lowest BCUT2D eigenvalue weighted by atomic mass is 10.0. The van der Waals surface area contributed by atoms with Gasteiger partial charge in [0.15, 0.2) is 0 Å². The van der Waals surface area contributed by atoms with Gasteiger partial charge in [0.25, 0.3) is 0 Å². The molecule has 2 aromatic rings. The van der Waals surface area contributed by atoms with E-state index in [2.05, 4.69) is 10.4 Å². The molecule has 1 saturated heterocycles. The minimum Gasteiger partial charge on any atom is -0.358 e. The molecule has 134 valence electrons. The van der Waals surface area contributed by atoms with Crippen LogP contribution in [-0.2, 0) is 11.3 Å². The van der Waals surface area contributed by atoms with Gasteiger partial charge in [-0.05, 0) is 16.6 Å². The molecule has 3 rings (SSSR count). The van der Waals surface area contributed by atoms with Gasteiger partial charge in [-0.15, -0.1) is 12.4 Å². The van der Waals surface area contributed by atoms with Gasteiger partial charge in [-0.1, -0.05) is 29.8 Å². The number of carbonyl (C=O) groups excluding carboxylic acids is 1. The zero-order valence-corrected chi connectivity index (χ0v) is 14.7. The van der Waals surface area contributed by atoms with Crippen LogP contribution < -0.4 is 5.32 Å². The maximum Gasteiger partial charge on any atom is 0.389 e. The quantitative estimate of drug-likeness (QED) is 0.641. The number of aromatic nitrogens is 2. The summed E-state index contributed by atoms with van der Waals surface area (Å²) in [5.41, 5.74) is 0.881. The van der Waals surface area contributed by atoms with Crippen LogP contribution in [0.15, 0.2) is 36.5 Å². The summed E-state index contributed by atoms with van der Waals surface area (Å²) >= 11 is 6.27. The van der Waals surface area contributed by atoms with E-state index in [1.165, 1.54) is 16.9 Å². The molecule has 1 amide bonds. The molecule has 0 spiro atoms. The largest absolute Gasteiger partial charge is 0.389 e. The Bertz CT molecular complexity index is 767. The highest BCUT2D eigenvalue weighted by Gasteiger charge is 2.29. The van der Waals surface area contributed by atoms with E-state index in [-0.39, 0.29) is 36.7 Å². The van der Waals surface area contributed by atoms with Gasteiger partial charge in [-0.2, -0.15) is 4.68 Å². The van der Waals surface area contributed by atoms with E-state index < -0.39 is 4.92 Å². The number of halogens is 2. The zero-order chi connectivity index (χ0) is 17.1. The van der Waals surface area contributed by atoms with Crippen LogP contribution in [0.3, 0.4) is 0 Å². The summed E-state index contributed by atoms with van der Waals surface area (Å²) in [6.45, 7) is 1.79. The predicted molar refractivity (Wildman–Crippen MR) is 94.9 cm³/mol. The van der Waals surface area contributed by atoms with E-state index in [0.29, 0.717) is 24.7 Å². The minimum absolute atomic E-state index is 0. The summed E-state index contributed by atoms with van der Waals surface area (Å²) in [6, 6.07) is 8.53. The van der Waals surface area contributed by atoms with Crippen molar-refractivity contribution < 1.29 is 9.72 Å². The highest BCUT2D eigenvalue weighted by atomic mass is 35.5. The van der Waals surface area contributed by atoms with Crippen molar-refractivity contribution in [3.8, 4) is 0 Å². The van der Waals surface area contributed by atoms with Crippen molar-refractivity contribution in [1.29, 1.82) is 0 Å². The minimum atomic E-state index is -0.585. The Balaban J connectivity index is 0.00000225. The molecule has 0 radical (unpaired) electrons. The number of amides is 1. The summed E-state index contributed by atoms with van der Waals surface area (Å²) in [5.74, 6) is -0.426. The van der Waals surface area contributed by atoms with Crippen molar-refractivity contribution >= 4 is 35.7 Å². The lowest BCUT2D eigenvalue weighted by Gasteiger charge is -2.36. The second kappa shape index (κ2) is 8.28. The smallest absolute Gasteiger partial charge is 0.358 e. The lowest BCUT2D eigenvalue weighted by Crippen LogP contribution is -2.49. The third-order valence-corrected chi connectivity index (χ3v) is 4.28. The maximum atomic E-state index is 12.7. The van der Waals surface area contributed by atoms with E-state index in [0.717, 1.165) is 5.56 Å². The molecule has 1 aromatic heterocycles. The Morgan fingerprint density at radius 2 is 2.16 bits per heavy atom. The van der Waals surface area contributed by atoms with Crippen molar-refractivity contribution in [3.63, 3.8) is 0 Å². The van der Waals surface area contributed by atoms with Crippen LogP contribution >= 0.6 is 24.0 Å². The first-order valence-corrected chi connectivity index (χ1v) is 7.86. The van der Waals surface area contributed by atoms with Crippen molar-refractivity contribution in [2.45, 2.75) is 12.6 Å².